The smallest absolute Gasteiger partial charge is 0.411 e. The van der Waals surface area contributed by atoms with E-state index in [1.54, 1.807) is 4.90 Å². The second-order valence-electron chi connectivity index (χ2n) is 5.87. The molecule has 0 bridgehead atoms. The van der Waals surface area contributed by atoms with E-state index < -0.39 is 12.1 Å². The van der Waals surface area contributed by atoms with Gasteiger partial charge in [-0.2, -0.15) is 0 Å². The van der Waals surface area contributed by atoms with E-state index in [1.807, 2.05) is 6.92 Å². The molecule has 2 saturated heterocycles. The van der Waals surface area contributed by atoms with Crippen LogP contribution >= 0.6 is 11.8 Å². The SMILES string of the molecule is C1CCOC1.CC1=C(OC(=O)n2ccnc2)CN2C(=O)C(NC=O)[C@H]2S1. The van der Waals surface area contributed by atoms with Crippen LogP contribution in [0.25, 0.3) is 0 Å². The summed E-state index contributed by atoms with van der Waals surface area (Å²) in [5.41, 5.74) is 0. The van der Waals surface area contributed by atoms with Crippen LogP contribution in [0.15, 0.2) is 29.4 Å². The quantitative estimate of drug-likeness (QED) is 0.614. The van der Waals surface area contributed by atoms with E-state index in [-0.39, 0.29) is 17.8 Å². The first-order valence-corrected chi connectivity index (χ1v) is 9.14. The second kappa shape index (κ2) is 8.37. The minimum absolute atomic E-state index is 0.140. The molecule has 3 aliphatic rings. The van der Waals surface area contributed by atoms with Gasteiger partial charge in [0.15, 0.2) is 0 Å². The summed E-state index contributed by atoms with van der Waals surface area (Å²) in [7, 11) is 0. The number of β-lactam (4-membered cyclic amide) rings is 1. The molecule has 3 aliphatic heterocycles. The number of nitrogens with zero attached hydrogens (tertiary/aromatic N) is 3. The number of aromatic nitrogens is 2. The van der Waals surface area contributed by atoms with E-state index >= 15 is 0 Å². The molecule has 2 amide bonds. The van der Waals surface area contributed by atoms with Gasteiger partial charge in [-0.05, 0) is 19.8 Å². The first-order chi connectivity index (χ1) is 12.6. The zero-order chi connectivity index (χ0) is 18.5. The lowest BCUT2D eigenvalue weighted by Crippen LogP contribution is -2.69. The number of fused-ring (bicyclic) bond motifs is 1. The average molecular weight is 380 g/mol. The van der Waals surface area contributed by atoms with Crippen molar-refractivity contribution in [3.8, 4) is 0 Å². The Morgan fingerprint density at radius 3 is 2.81 bits per heavy atom. The maximum absolute atomic E-state index is 11.9. The maximum Gasteiger partial charge on any atom is 0.424 e. The van der Waals surface area contributed by atoms with E-state index in [1.165, 1.54) is 47.9 Å². The zero-order valence-corrected chi connectivity index (χ0v) is 15.1. The Morgan fingerprint density at radius 2 is 2.23 bits per heavy atom. The molecule has 0 saturated carbocycles. The third kappa shape index (κ3) is 3.91. The molecule has 1 aromatic rings. The molecule has 2 atom stereocenters. The maximum atomic E-state index is 11.9. The molecule has 4 rings (SSSR count). The van der Waals surface area contributed by atoms with Crippen LogP contribution in [0.4, 0.5) is 4.79 Å². The number of carbonyl (C=O) groups excluding carboxylic acids is 3. The van der Waals surface area contributed by atoms with Crippen molar-refractivity contribution in [2.45, 2.75) is 31.2 Å². The van der Waals surface area contributed by atoms with Crippen LogP contribution in [-0.2, 0) is 19.1 Å². The molecule has 1 unspecified atom stereocenters. The van der Waals surface area contributed by atoms with Crippen molar-refractivity contribution in [2.75, 3.05) is 19.8 Å². The molecule has 10 heteroatoms. The number of rotatable bonds is 3. The molecule has 0 radical (unpaired) electrons. The Balaban J connectivity index is 0.000000339. The first-order valence-electron chi connectivity index (χ1n) is 8.26. The van der Waals surface area contributed by atoms with Crippen LogP contribution in [0.1, 0.15) is 19.8 Å². The van der Waals surface area contributed by atoms with Crippen molar-refractivity contribution >= 4 is 30.2 Å². The van der Waals surface area contributed by atoms with Gasteiger partial charge in [-0.25, -0.2) is 14.3 Å². The normalized spacial score (nSPS) is 24.2. The summed E-state index contributed by atoms with van der Waals surface area (Å²) < 4.78 is 11.5. The van der Waals surface area contributed by atoms with Crippen molar-refractivity contribution < 1.29 is 23.9 Å². The third-order valence-electron chi connectivity index (χ3n) is 4.15. The zero-order valence-electron chi connectivity index (χ0n) is 14.3. The highest BCUT2D eigenvalue weighted by Gasteiger charge is 2.50. The fourth-order valence-corrected chi connectivity index (χ4v) is 3.94. The molecule has 0 aliphatic carbocycles. The summed E-state index contributed by atoms with van der Waals surface area (Å²) >= 11 is 1.40. The Labute approximate surface area is 154 Å². The third-order valence-corrected chi connectivity index (χ3v) is 5.50. The number of imidazole rings is 1. The topological polar surface area (TPSA) is 103 Å². The van der Waals surface area contributed by atoms with Gasteiger partial charge in [-0.3, -0.25) is 9.59 Å². The second-order valence-corrected chi connectivity index (χ2v) is 7.20. The highest BCUT2D eigenvalue weighted by Crippen LogP contribution is 2.40. The number of hydrogen-bond donors (Lipinski definition) is 1. The molecule has 0 spiro atoms. The lowest BCUT2D eigenvalue weighted by atomic mass is 10.1. The number of hydrogen-bond acceptors (Lipinski definition) is 7. The summed E-state index contributed by atoms with van der Waals surface area (Å²) in [6, 6.07) is -0.506. The van der Waals surface area contributed by atoms with E-state index in [0.29, 0.717) is 12.2 Å². The van der Waals surface area contributed by atoms with Crippen molar-refractivity contribution in [3.63, 3.8) is 0 Å². The molecule has 140 valence electrons. The Hall–Kier alpha value is -2.33. The van der Waals surface area contributed by atoms with Crippen molar-refractivity contribution in [3.05, 3.63) is 29.4 Å². The Kier molecular flexibility index (Phi) is 5.94. The van der Waals surface area contributed by atoms with E-state index in [9.17, 15) is 14.4 Å². The standard InChI is InChI=1S/C12H12N4O4S.C4H8O/c1-7-8(20-12(19)15-3-2-13-5-15)4-16-10(18)9(14-6-17)11(16)21-7;1-2-4-5-3-1/h2-3,5-6,9,11H,4H2,1H3,(H,14,17);1-4H2/t9?,11-;/m1./s1. The average Bonchev–Trinajstić information content (AvgIpc) is 3.37. The minimum atomic E-state index is -0.573. The van der Waals surface area contributed by atoms with Gasteiger partial charge < -0.3 is 19.7 Å². The predicted octanol–water partition coefficient (Wildman–Crippen LogP) is 0.926. The molecule has 1 aromatic heterocycles. The van der Waals surface area contributed by atoms with Gasteiger partial charge in [0.1, 0.15) is 23.5 Å². The first kappa shape index (κ1) is 18.5. The summed E-state index contributed by atoms with van der Waals surface area (Å²) in [4.78, 5) is 40.4. The molecular formula is C16H20N4O5S. The van der Waals surface area contributed by atoms with Crippen molar-refractivity contribution in [1.82, 2.24) is 19.8 Å². The molecule has 1 N–H and O–H groups in total. The van der Waals surface area contributed by atoms with Gasteiger partial charge in [0, 0.05) is 30.5 Å². The van der Waals surface area contributed by atoms with Crippen LogP contribution in [-0.4, -0.2) is 64.0 Å². The van der Waals surface area contributed by atoms with Crippen LogP contribution < -0.4 is 5.32 Å². The lowest BCUT2D eigenvalue weighted by Gasteiger charge is -2.48. The number of ether oxygens (including phenoxy) is 2. The molecular weight excluding hydrogens is 360 g/mol. The Morgan fingerprint density at radius 1 is 1.46 bits per heavy atom. The molecule has 9 nitrogen and oxygen atoms in total. The minimum Gasteiger partial charge on any atom is -0.411 e. The molecule has 26 heavy (non-hydrogen) atoms. The fraction of sp³-hybridized carbons (Fsp3) is 0.500. The number of nitrogens with one attached hydrogen (secondary N) is 1. The van der Waals surface area contributed by atoms with Gasteiger partial charge in [-0.15, -0.1) is 0 Å². The van der Waals surface area contributed by atoms with Gasteiger partial charge in [0.25, 0.3) is 0 Å². The fourth-order valence-electron chi connectivity index (χ4n) is 2.70. The summed E-state index contributed by atoms with van der Waals surface area (Å²) in [5, 5.41) is 2.35. The largest absolute Gasteiger partial charge is 0.424 e. The number of thioether (sulfide) groups is 1. The predicted molar refractivity (Wildman–Crippen MR) is 92.9 cm³/mol. The van der Waals surface area contributed by atoms with Gasteiger partial charge in [0.05, 0.1) is 6.54 Å². The van der Waals surface area contributed by atoms with E-state index in [0.717, 1.165) is 18.1 Å². The van der Waals surface area contributed by atoms with E-state index in [2.05, 4.69) is 10.3 Å². The van der Waals surface area contributed by atoms with Crippen molar-refractivity contribution in [1.29, 1.82) is 0 Å². The summed E-state index contributed by atoms with van der Waals surface area (Å²) in [6.07, 6.45) is 6.80. The monoisotopic (exact) mass is 380 g/mol. The van der Waals surface area contributed by atoms with Crippen molar-refractivity contribution in [2.24, 2.45) is 0 Å². The van der Waals surface area contributed by atoms with Crippen LogP contribution in [0.2, 0.25) is 0 Å². The van der Waals surface area contributed by atoms with Gasteiger partial charge >= 0.3 is 6.09 Å². The Bertz CT molecular complexity index is 694. The van der Waals surface area contributed by atoms with E-state index in [4.69, 9.17) is 9.47 Å². The molecule has 0 aromatic carbocycles. The lowest BCUT2D eigenvalue weighted by molar-refractivity contribution is -0.147. The molecule has 4 heterocycles. The highest BCUT2D eigenvalue weighted by molar-refractivity contribution is 8.03. The van der Waals surface area contributed by atoms with Gasteiger partial charge in [-0.1, -0.05) is 11.8 Å². The van der Waals surface area contributed by atoms with Crippen LogP contribution in [0.3, 0.4) is 0 Å². The molecule has 2 fully saturated rings. The van der Waals surface area contributed by atoms with Crippen LogP contribution in [0.5, 0.6) is 0 Å². The highest BCUT2D eigenvalue weighted by atomic mass is 32.2. The van der Waals surface area contributed by atoms with Crippen LogP contribution in [0, 0.1) is 0 Å². The number of carbonyl (C=O) groups is 3. The number of amides is 2. The van der Waals surface area contributed by atoms with Gasteiger partial charge in [0.2, 0.25) is 12.3 Å². The summed E-state index contributed by atoms with van der Waals surface area (Å²) in [5.74, 6) is 0.260. The summed E-state index contributed by atoms with van der Waals surface area (Å²) in [6.45, 7) is 4.04. The number of allylic oxidation sites excluding steroid dienone is 1.